The van der Waals surface area contributed by atoms with Gasteiger partial charge in [-0.1, -0.05) is 0 Å². The molecule has 2 heterocycles. The van der Waals surface area contributed by atoms with Crippen LogP contribution >= 0.6 is 0 Å². The fourth-order valence-corrected chi connectivity index (χ4v) is 4.21. The Morgan fingerprint density at radius 2 is 2.30 bits per heavy atom. The molecule has 0 saturated carbocycles. The molecule has 2 N–H and O–H groups in total. The zero-order chi connectivity index (χ0) is 14.9. The molecule has 1 unspecified atom stereocenters. The van der Waals surface area contributed by atoms with Crippen LogP contribution in [0.4, 0.5) is 5.82 Å². The van der Waals surface area contributed by atoms with Crippen molar-refractivity contribution in [2.24, 2.45) is 7.05 Å². The second kappa shape index (κ2) is 5.41. The van der Waals surface area contributed by atoms with E-state index in [1.54, 1.807) is 14.0 Å². The third-order valence-corrected chi connectivity index (χ3v) is 5.27. The highest BCUT2D eigenvalue weighted by atomic mass is 32.2. The third kappa shape index (κ3) is 2.38. The Morgan fingerprint density at radius 1 is 1.60 bits per heavy atom. The largest absolute Gasteiger partial charge is 0.465 e. The molecule has 0 aliphatic carbocycles. The van der Waals surface area contributed by atoms with Crippen LogP contribution in [0.3, 0.4) is 0 Å². The van der Waals surface area contributed by atoms with Crippen molar-refractivity contribution < 1.29 is 17.9 Å². The summed E-state index contributed by atoms with van der Waals surface area (Å²) in [5.74, 6) is -0.587. The molecule has 1 saturated heterocycles. The minimum absolute atomic E-state index is 0.0676. The van der Waals surface area contributed by atoms with E-state index < -0.39 is 22.0 Å². The van der Waals surface area contributed by atoms with Gasteiger partial charge in [0.05, 0.1) is 12.9 Å². The number of hydrogen-bond acceptors (Lipinski definition) is 6. The molecule has 20 heavy (non-hydrogen) atoms. The number of nitrogens with two attached hydrogens (primary N) is 1. The van der Waals surface area contributed by atoms with E-state index in [2.05, 4.69) is 4.98 Å². The maximum absolute atomic E-state index is 12.6. The smallest absolute Gasteiger partial charge is 0.324 e. The summed E-state index contributed by atoms with van der Waals surface area (Å²) >= 11 is 0. The number of aromatic nitrogens is 2. The number of ether oxygens (including phenoxy) is 1. The molecule has 9 heteroatoms. The van der Waals surface area contributed by atoms with Crippen LogP contribution in [-0.4, -0.2) is 47.4 Å². The van der Waals surface area contributed by atoms with Gasteiger partial charge in [-0.3, -0.25) is 4.79 Å². The topological polar surface area (TPSA) is 108 Å². The van der Waals surface area contributed by atoms with Crippen molar-refractivity contribution in [3.63, 3.8) is 0 Å². The fourth-order valence-electron chi connectivity index (χ4n) is 2.36. The van der Waals surface area contributed by atoms with Crippen LogP contribution in [-0.2, 0) is 26.6 Å². The minimum atomic E-state index is -3.86. The summed E-state index contributed by atoms with van der Waals surface area (Å²) in [4.78, 5) is 15.6. The Morgan fingerprint density at radius 3 is 2.85 bits per heavy atom. The lowest BCUT2D eigenvalue weighted by atomic mass is 10.2. The molecule has 2 rings (SSSR count). The van der Waals surface area contributed by atoms with E-state index in [0.29, 0.717) is 12.8 Å². The predicted molar refractivity (Wildman–Crippen MR) is 71.2 cm³/mol. The number of nitrogen functional groups attached to an aromatic ring is 1. The highest BCUT2D eigenvalue weighted by Gasteiger charge is 2.42. The number of carbonyl (C=O) groups excluding carboxylic acids is 1. The molecule has 1 fully saturated rings. The Balaban J connectivity index is 2.36. The number of nitrogens with zero attached hydrogens (tertiary/aromatic N) is 3. The summed E-state index contributed by atoms with van der Waals surface area (Å²) in [7, 11) is -2.31. The van der Waals surface area contributed by atoms with Crippen LogP contribution in [0.5, 0.6) is 0 Å². The van der Waals surface area contributed by atoms with E-state index in [1.807, 2.05) is 0 Å². The van der Waals surface area contributed by atoms with Gasteiger partial charge in [0.25, 0.3) is 10.0 Å². The molecule has 0 aromatic carbocycles. The second-order valence-corrected chi connectivity index (χ2v) is 6.38. The summed E-state index contributed by atoms with van der Waals surface area (Å²) in [6.45, 7) is 2.18. The van der Waals surface area contributed by atoms with E-state index >= 15 is 0 Å². The van der Waals surface area contributed by atoms with Gasteiger partial charge in [-0.15, -0.1) is 0 Å². The molecule has 112 valence electrons. The first-order chi connectivity index (χ1) is 9.39. The fraction of sp³-hybridized carbons (Fsp3) is 0.636. The average Bonchev–Trinajstić information content (AvgIpc) is 2.97. The van der Waals surface area contributed by atoms with Gasteiger partial charge >= 0.3 is 5.97 Å². The maximum atomic E-state index is 12.6. The molecule has 0 bridgehead atoms. The van der Waals surface area contributed by atoms with E-state index in [-0.39, 0.29) is 24.0 Å². The molecule has 1 aromatic heterocycles. The number of rotatable bonds is 4. The van der Waals surface area contributed by atoms with Gasteiger partial charge in [-0.25, -0.2) is 13.4 Å². The van der Waals surface area contributed by atoms with Crippen LogP contribution < -0.4 is 5.73 Å². The zero-order valence-electron chi connectivity index (χ0n) is 11.4. The molecule has 8 nitrogen and oxygen atoms in total. The van der Waals surface area contributed by atoms with Crippen LogP contribution in [0, 0.1) is 0 Å². The van der Waals surface area contributed by atoms with Crippen molar-refractivity contribution in [3.8, 4) is 0 Å². The monoisotopic (exact) mass is 302 g/mol. The lowest BCUT2D eigenvalue weighted by Crippen LogP contribution is -2.42. The molecule has 1 atom stereocenters. The normalized spacial score (nSPS) is 20.2. The SMILES string of the molecule is CCOC(=O)C1CCCN1S(=O)(=O)c1c(N)ncn1C. The van der Waals surface area contributed by atoms with E-state index in [4.69, 9.17) is 10.5 Å². The number of imidazole rings is 1. The number of sulfonamides is 1. The highest BCUT2D eigenvalue weighted by Crippen LogP contribution is 2.28. The van der Waals surface area contributed by atoms with E-state index in [1.165, 1.54) is 10.9 Å². The van der Waals surface area contributed by atoms with Crippen molar-refractivity contribution in [1.29, 1.82) is 0 Å². The molecule has 1 aliphatic rings. The summed E-state index contributed by atoms with van der Waals surface area (Å²) in [5, 5.41) is -0.0892. The van der Waals surface area contributed by atoms with Gasteiger partial charge in [-0.2, -0.15) is 4.31 Å². The number of anilines is 1. The van der Waals surface area contributed by atoms with Crippen LogP contribution in [0.25, 0.3) is 0 Å². The maximum Gasteiger partial charge on any atom is 0.324 e. The van der Waals surface area contributed by atoms with Gasteiger partial charge in [-0.05, 0) is 19.8 Å². The summed E-state index contributed by atoms with van der Waals surface area (Å²) in [6.07, 6.45) is 2.40. The van der Waals surface area contributed by atoms with Gasteiger partial charge in [0.1, 0.15) is 6.04 Å². The van der Waals surface area contributed by atoms with Crippen molar-refractivity contribution in [2.75, 3.05) is 18.9 Å². The van der Waals surface area contributed by atoms with E-state index in [0.717, 1.165) is 4.31 Å². The molecular formula is C11H18N4O4S. The van der Waals surface area contributed by atoms with Crippen molar-refractivity contribution in [3.05, 3.63) is 6.33 Å². The van der Waals surface area contributed by atoms with Gasteiger partial charge in [0, 0.05) is 13.6 Å². The first-order valence-corrected chi connectivity index (χ1v) is 7.78. The third-order valence-electron chi connectivity index (χ3n) is 3.22. The van der Waals surface area contributed by atoms with Crippen molar-refractivity contribution in [1.82, 2.24) is 13.9 Å². The first kappa shape index (κ1) is 14.8. The molecule has 1 aliphatic heterocycles. The second-order valence-electron chi connectivity index (χ2n) is 4.57. The lowest BCUT2D eigenvalue weighted by Gasteiger charge is -2.22. The van der Waals surface area contributed by atoms with Crippen LogP contribution in [0.2, 0.25) is 0 Å². The average molecular weight is 302 g/mol. The number of hydrogen-bond donors (Lipinski definition) is 1. The quantitative estimate of drug-likeness (QED) is 0.766. The Bertz CT molecular complexity index is 590. The molecule has 0 amide bonds. The van der Waals surface area contributed by atoms with Crippen LogP contribution in [0.15, 0.2) is 11.4 Å². The van der Waals surface area contributed by atoms with Crippen molar-refractivity contribution >= 4 is 21.8 Å². The molecule has 1 aromatic rings. The number of carbonyl (C=O) groups is 1. The lowest BCUT2D eigenvalue weighted by molar-refractivity contribution is -0.146. The van der Waals surface area contributed by atoms with Gasteiger partial charge < -0.3 is 15.0 Å². The minimum Gasteiger partial charge on any atom is -0.465 e. The Kier molecular flexibility index (Phi) is 4.00. The Hall–Kier alpha value is -1.61. The van der Waals surface area contributed by atoms with E-state index in [9.17, 15) is 13.2 Å². The number of aryl methyl sites for hydroxylation is 1. The summed E-state index contributed by atoms with van der Waals surface area (Å²) in [5.41, 5.74) is 5.62. The molecule has 0 radical (unpaired) electrons. The van der Waals surface area contributed by atoms with Crippen LogP contribution in [0.1, 0.15) is 19.8 Å². The highest BCUT2D eigenvalue weighted by molar-refractivity contribution is 7.89. The predicted octanol–water partition coefficient (Wildman–Crippen LogP) is -0.281. The van der Waals surface area contributed by atoms with Crippen molar-refractivity contribution in [2.45, 2.75) is 30.8 Å². The molecule has 0 spiro atoms. The first-order valence-electron chi connectivity index (χ1n) is 6.34. The zero-order valence-corrected chi connectivity index (χ0v) is 12.3. The Labute approximate surface area is 117 Å². The standard InChI is InChI=1S/C11H18N4O4S/c1-3-19-11(16)8-5-4-6-15(8)20(17,18)10-9(12)13-7-14(10)2/h7-8H,3-6,12H2,1-2H3. The van der Waals surface area contributed by atoms with Gasteiger partial charge in [0.15, 0.2) is 10.8 Å². The molecular weight excluding hydrogens is 284 g/mol. The summed E-state index contributed by atoms with van der Waals surface area (Å²) in [6, 6.07) is -0.783. The number of esters is 1. The summed E-state index contributed by atoms with van der Waals surface area (Å²) < 4.78 is 32.7. The van der Waals surface area contributed by atoms with Gasteiger partial charge in [0.2, 0.25) is 0 Å².